The van der Waals surface area contributed by atoms with Gasteiger partial charge in [-0.05, 0) is 18.9 Å². The zero-order chi connectivity index (χ0) is 15.0. The van der Waals surface area contributed by atoms with E-state index in [1.54, 1.807) is 11.4 Å². The maximum Gasteiger partial charge on any atom is 0.389 e. The molecule has 3 nitrogen and oxygen atoms in total. The van der Waals surface area contributed by atoms with E-state index in [9.17, 15) is 18.0 Å². The summed E-state index contributed by atoms with van der Waals surface area (Å²) in [5.41, 5.74) is 5.70. The van der Waals surface area contributed by atoms with E-state index in [-0.39, 0.29) is 25.4 Å². The van der Waals surface area contributed by atoms with Crippen LogP contribution in [0, 0.1) is 11.8 Å². The molecule has 0 atom stereocenters. The van der Waals surface area contributed by atoms with Crippen molar-refractivity contribution in [3.8, 4) is 11.8 Å². The van der Waals surface area contributed by atoms with Crippen molar-refractivity contribution in [3.05, 3.63) is 21.9 Å². The summed E-state index contributed by atoms with van der Waals surface area (Å²) in [6.45, 7) is 0.479. The Morgan fingerprint density at radius 2 is 2.15 bits per heavy atom. The van der Waals surface area contributed by atoms with E-state index < -0.39 is 12.6 Å². The Morgan fingerprint density at radius 1 is 1.40 bits per heavy atom. The van der Waals surface area contributed by atoms with Gasteiger partial charge >= 0.3 is 6.18 Å². The van der Waals surface area contributed by atoms with Gasteiger partial charge in [0, 0.05) is 18.3 Å². The van der Waals surface area contributed by atoms with Gasteiger partial charge in [-0.15, -0.1) is 11.3 Å². The Morgan fingerprint density at radius 3 is 2.80 bits per heavy atom. The zero-order valence-electron chi connectivity index (χ0n) is 10.7. The van der Waals surface area contributed by atoms with Crippen molar-refractivity contribution in [1.29, 1.82) is 0 Å². The van der Waals surface area contributed by atoms with Gasteiger partial charge in [0.05, 0.1) is 17.0 Å². The monoisotopic (exact) mass is 304 g/mol. The Labute approximate surface area is 119 Å². The molecule has 3 N–H and O–H groups in total. The van der Waals surface area contributed by atoms with Crippen LogP contribution in [0.15, 0.2) is 11.4 Å². The number of nitrogens with one attached hydrogen (secondary N) is 1. The first kappa shape index (κ1) is 16.5. The first-order valence-corrected chi connectivity index (χ1v) is 6.93. The molecule has 0 spiro atoms. The van der Waals surface area contributed by atoms with Crippen LogP contribution in [-0.2, 0) is 0 Å². The summed E-state index contributed by atoms with van der Waals surface area (Å²) in [7, 11) is 0. The summed E-state index contributed by atoms with van der Waals surface area (Å²) in [5.74, 6) is 5.19. The highest BCUT2D eigenvalue weighted by atomic mass is 32.1. The summed E-state index contributed by atoms with van der Waals surface area (Å²) in [6, 6.07) is 1.64. The van der Waals surface area contributed by atoms with Crippen LogP contribution in [-0.4, -0.2) is 25.2 Å². The van der Waals surface area contributed by atoms with E-state index in [1.807, 2.05) is 0 Å². The fraction of sp³-hybridized carbons (Fsp3) is 0.462. The van der Waals surface area contributed by atoms with Crippen LogP contribution in [0.25, 0.3) is 0 Å². The summed E-state index contributed by atoms with van der Waals surface area (Å²) < 4.78 is 35.7. The minimum Gasteiger partial charge on any atom is -0.352 e. The van der Waals surface area contributed by atoms with Crippen LogP contribution >= 0.6 is 11.3 Å². The molecular formula is C13H15F3N2OS. The fourth-order valence-corrected chi connectivity index (χ4v) is 2.17. The third-order valence-corrected chi connectivity index (χ3v) is 3.19. The first-order chi connectivity index (χ1) is 9.42. The molecule has 7 heteroatoms. The predicted octanol–water partition coefficient (Wildman–Crippen LogP) is 2.52. The lowest BCUT2D eigenvalue weighted by atomic mass is 10.2. The zero-order valence-corrected chi connectivity index (χ0v) is 11.5. The summed E-state index contributed by atoms with van der Waals surface area (Å²) in [4.78, 5) is 12.4. The number of unbranched alkanes of at least 4 members (excludes halogenated alkanes) is 1. The van der Waals surface area contributed by atoms with Crippen molar-refractivity contribution < 1.29 is 18.0 Å². The van der Waals surface area contributed by atoms with Gasteiger partial charge in [0.25, 0.3) is 5.91 Å². The van der Waals surface area contributed by atoms with E-state index in [4.69, 9.17) is 5.73 Å². The fourth-order valence-electron chi connectivity index (χ4n) is 1.41. The highest BCUT2D eigenvalue weighted by Crippen LogP contribution is 2.21. The van der Waals surface area contributed by atoms with Crippen LogP contribution in [0.4, 0.5) is 13.2 Å². The molecular weight excluding hydrogens is 289 g/mol. The second-order valence-corrected chi connectivity index (χ2v) is 4.94. The maximum absolute atomic E-state index is 11.9. The highest BCUT2D eigenvalue weighted by Gasteiger charge is 2.25. The van der Waals surface area contributed by atoms with E-state index in [1.165, 1.54) is 11.3 Å². The Balaban J connectivity index is 2.31. The molecule has 0 aliphatic heterocycles. The normalized spacial score (nSPS) is 10.8. The number of carbonyl (C=O) groups excluding carboxylic acids is 1. The smallest absolute Gasteiger partial charge is 0.352 e. The van der Waals surface area contributed by atoms with Gasteiger partial charge in [0.1, 0.15) is 0 Å². The minimum atomic E-state index is -4.13. The largest absolute Gasteiger partial charge is 0.389 e. The molecule has 1 rings (SSSR count). The Kier molecular flexibility index (Phi) is 6.55. The average Bonchev–Trinajstić information content (AvgIpc) is 2.83. The van der Waals surface area contributed by atoms with E-state index in [0.29, 0.717) is 12.0 Å². The van der Waals surface area contributed by atoms with Gasteiger partial charge in [-0.3, -0.25) is 4.79 Å². The standard InChI is InChI=1S/C13H15F3N2OS/c14-13(15,16)5-1-2-7-18-12(19)10-8-11(20-9-10)4-3-6-17/h8-9H,1-2,5-7,17H2,(H,18,19). The summed E-state index contributed by atoms with van der Waals surface area (Å²) in [6.07, 6.45) is -4.63. The lowest BCUT2D eigenvalue weighted by molar-refractivity contribution is -0.135. The average molecular weight is 304 g/mol. The number of hydrogen-bond acceptors (Lipinski definition) is 3. The van der Waals surface area contributed by atoms with Gasteiger partial charge in [0.2, 0.25) is 0 Å². The molecule has 0 fully saturated rings. The molecule has 0 bridgehead atoms. The van der Waals surface area contributed by atoms with Gasteiger partial charge in [0.15, 0.2) is 0 Å². The third-order valence-electron chi connectivity index (χ3n) is 2.35. The molecule has 0 saturated carbocycles. The molecule has 20 heavy (non-hydrogen) atoms. The topological polar surface area (TPSA) is 55.1 Å². The number of alkyl halides is 3. The highest BCUT2D eigenvalue weighted by molar-refractivity contribution is 7.10. The van der Waals surface area contributed by atoms with Gasteiger partial charge in [-0.2, -0.15) is 13.2 Å². The number of halogens is 3. The van der Waals surface area contributed by atoms with Crippen molar-refractivity contribution in [1.82, 2.24) is 5.32 Å². The number of thiophene rings is 1. The van der Waals surface area contributed by atoms with Crippen molar-refractivity contribution >= 4 is 17.2 Å². The van der Waals surface area contributed by atoms with Crippen LogP contribution < -0.4 is 11.1 Å². The number of nitrogens with two attached hydrogens (primary N) is 1. The molecule has 0 unspecified atom stereocenters. The summed E-state index contributed by atoms with van der Waals surface area (Å²) in [5, 5.41) is 4.24. The van der Waals surface area contributed by atoms with Crippen molar-refractivity contribution in [2.24, 2.45) is 5.73 Å². The number of carbonyl (C=O) groups is 1. The van der Waals surface area contributed by atoms with E-state index in [0.717, 1.165) is 4.88 Å². The second-order valence-electron chi connectivity index (χ2n) is 4.03. The van der Waals surface area contributed by atoms with Crippen molar-refractivity contribution in [2.45, 2.75) is 25.4 Å². The number of hydrogen-bond donors (Lipinski definition) is 2. The summed E-state index contributed by atoms with van der Waals surface area (Å²) >= 11 is 1.33. The van der Waals surface area contributed by atoms with Crippen LogP contribution in [0.5, 0.6) is 0 Å². The molecule has 110 valence electrons. The molecule has 0 aromatic carbocycles. The minimum absolute atomic E-state index is 0.0145. The van der Waals surface area contributed by atoms with Crippen molar-refractivity contribution in [3.63, 3.8) is 0 Å². The molecule has 0 aliphatic rings. The SMILES string of the molecule is NCC#Cc1cc(C(=O)NCCCCC(F)(F)F)cs1. The molecule has 1 aromatic heterocycles. The Hall–Kier alpha value is -1.52. The molecule has 0 aliphatic carbocycles. The predicted molar refractivity (Wildman–Crippen MR) is 72.5 cm³/mol. The van der Waals surface area contributed by atoms with E-state index in [2.05, 4.69) is 17.2 Å². The molecule has 0 saturated heterocycles. The Bertz CT molecular complexity index is 500. The first-order valence-electron chi connectivity index (χ1n) is 6.05. The lowest BCUT2D eigenvalue weighted by Gasteiger charge is -2.06. The van der Waals surface area contributed by atoms with Gasteiger partial charge in [-0.1, -0.05) is 11.8 Å². The maximum atomic E-state index is 11.9. The van der Waals surface area contributed by atoms with Crippen LogP contribution in [0.2, 0.25) is 0 Å². The lowest BCUT2D eigenvalue weighted by Crippen LogP contribution is -2.24. The molecule has 1 heterocycles. The second kappa shape index (κ2) is 7.92. The van der Waals surface area contributed by atoms with Gasteiger partial charge in [-0.25, -0.2) is 0 Å². The molecule has 1 aromatic rings. The van der Waals surface area contributed by atoms with Crippen LogP contribution in [0.1, 0.15) is 34.5 Å². The van der Waals surface area contributed by atoms with Crippen LogP contribution in [0.3, 0.4) is 0 Å². The molecule has 0 radical (unpaired) electrons. The van der Waals surface area contributed by atoms with Gasteiger partial charge < -0.3 is 11.1 Å². The van der Waals surface area contributed by atoms with Crippen molar-refractivity contribution in [2.75, 3.05) is 13.1 Å². The number of amides is 1. The third kappa shape index (κ3) is 6.59. The number of rotatable bonds is 5. The molecule has 1 amide bonds. The quantitative estimate of drug-likeness (QED) is 0.649. The van der Waals surface area contributed by atoms with E-state index >= 15 is 0 Å².